The minimum absolute atomic E-state index is 0.735. The van der Waals surface area contributed by atoms with Gasteiger partial charge in [0.1, 0.15) is 5.75 Å². The van der Waals surface area contributed by atoms with Crippen LogP contribution < -0.4 is 4.74 Å². The number of ether oxygens (including phenoxy) is 2. The molecular weight excluding hydrogens is 382 g/mol. The van der Waals surface area contributed by atoms with Crippen LogP contribution in [0.3, 0.4) is 0 Å². The first kappa shape index (κ1) is 25.1. The van der Waals surface area contributed by atoms with Gasteiger partial charge in [-0.1, -0.05) is 69.5 Å². The lowest BCUT2D eigenvalue weighted by Gasteiger charge is -2.07. The van der Waals surface area contributed by atoms with Crippen molar-refractivity contribution in [3.8, 4) is 17.0 Å². The van der Waals surface area contributed by atoms with E-state index in [0.717, 1.165) is 68.9 Å². The van der Waals surface area contributed by atoms with Gasteiger partial charge < -0.3 is 9.47 Å². The largest absolute Gasteiger partial charge is 0.492 e. The summed E-state index contributed by atoms with van der Waals surface area (Å²) in [6.07, 6.45) is 18.1. The number of hydrogen-bond donors (Lipinski definition) is 0. The van der Waals surface area contributed by atoms with Gasteiger partial charge in [-0.2, -0.15) is 0 Å². The highest BCUT2D eigenvalue weighted by atomic mass is 16.5. The topological polar surface area (TPSA) is 31.4 Å². The van der Waals surface area contributed by atoms with E-state index < -0.39 is 0 Å². The maximum Gasteiger partial charge on any atom is 0.137 e. The first-order valence-electron chi connectivity index (χ1n) is 12.2. The van der Waals surface area contributed by atoms with Gasteiger partial charge in [0.2, 0.25) is 0 Å². The lowest BCUT2D eigenvalue weighted by molar-refractivity contribution is 0.130. The van der Waals surface area contributed by atoms with Crippen molar-refractivity contribution in [2.45, 2.75) is 78.1 Å². The van der Waals surface area contributed by atoms with Gasteiger partial charge in [0.25, 0.3) is 0 Å². The highest BCUT2D eigenvalue weighted by Gasteiger charge is 2.02. The van der Waals surface area contributed by atoms with E-state index in [1.54, 1.807) is 0 Å². The fraction of sp³-hybridized carbons (Fsp3) is 0.536. The molecule has 3 nitrogen and oxygen atoms in total. The summed E-state index contributed by atoms with van der Waals surface area (Å²) >= 11 is 0. The fourth-order valence-electron chi connectivity index (χ4n) is 3.38. The molecule has 1 aromatic carbocycles. The van der Waals surface area contributed by atoms with Gasteiger partial charge in [-0.25, -0.2) is 0 Å². The fourth-order valence-corrected chi connectivity index (χ4v) is 3.38. The first-order chi connectivity index (χ1) is 15.3. The average Bonchev–Trinajstić information content (AvgIpc) is 2.81. The monoisotopic (exact) mass is 423 g/mol. The zero-order valence-electron chi connectivity index (χ0n) is 19.7. The van der Waals surface area contributed by atoms with E-state index in [2.05, 4.69) is 55.2 Å². The Labute approximate surface area is 189 Å². The van der Waals surface area contributed by atoms with E-state index in [9.17, 15) is 0 Å². The third-order valence-corrected chi connectivity index (χ3v) is 5.26. The number of aromatic nitrogens is 1. The van der Waals surface area contributed by atoms with Crippen LogP contribution in [0, 0.1) is 0 Å². The van der Waals surface area contributed by atoms with Crippen LogP contribution in [0.2, 0.25) is 0 Å². The third kappa shape index (κ3) is 11.2. The third-order valence-electron chi connectivity index (χ3n) is 5.26. The molecule has 3 heteroatoms. The highest BCUT2D eigenvalue weighted by molar-refractivity contribution is 5.59. The molecule has 0 aliphatic rings. The predicted molar refractivity (Wildman–Crippen MR) is 132 cm³/mol. The van der Waals surface area contributed by atoms with E-state index in [0.29, 0.717) is 0 Å². The number of rotatable bonds is 17. The summed E-state index contributed by atoms with van der Waals surface area (Å²) in [5, 5.41) is 0. The van der Waals surface area contributed by atoms with Gasteiger partial charge in [0.15, 0.2) is 0 Å². The predicted octanol–water partition coefficient (Wildman–Crippen LogP) is 7.79. The van der Waals surface area contributed by atoms with Crippen LogP contribution >= 0.6 is 0 Å². The number of allylic oxidation sites excluding steroid dienone is 2. The second-order valence-electron chi connectivity index (χ2n) is 8.10. The molecule has 0 aliphatic carbocycles. The molecule has 0 fully saturated rings. The van der Waals surface area contributed by atoms with Crippen LogP contribution in [0.25, 0.3) is 11.3 Å². The van der Waals surface area contributed by atoms with Crippen molar-refractivity contribution in [2.24, 2.45) is 0 Å². The number of pyridine rings is 1. The van der Waals surface area contributed by atoms with Crippen molar-refractivity contribution in [3.05, 3.63) is 60.3 Å². The second-order valence-corrected chi connectivity index (χ2v) is 8.10. The molecular formula is C28H41NO2. The quantitative estimate of drug-likeness (QED) is 0.192. The van der Waals surface area contributed by atoms with Gasteiger partial charge in [0.05, 0.1) is 18.5 Å². The number of hydrogen-bond acceptors (Lipinski definition) is 3. The van der Waals surface area contributed by atoms with E-state index in [1.165, 1.54) is 37.7 Å². The molecule has 0 radical (unpaired) electrons. The SMILES string of the molecule is CCCCC=CCCCOc1ccc(-c2ccc(CCCCCOCCC)cc2)nc1. The van der Waals surface area contributed by atoms with E-state index >= 15 is 0 Å². The van der Waals surface area contributed by atoms with Gasteiger partial charge >= 0.3 is 0 Å². The smallest absolute Gasteiger partial charge is 0.137 e. The van der Waals surface area contributed by atoms with Gasteiger partial charge in [0, 0.05) is 18.8 Å². The molecule has 2 rings (SSSR count). The first-order valence-corrected chi connectivity index (χ1v) is 12.2. The summed E-state index contributed by atoms with van der Waals surface area (Å²) in [6.45, 7) is 6.90. The summed E-state index contributed by atoms with van der Waals surface area (Å²) in [7, 11) is 0. The number of unbranched alkanes of at least 4 members (excludes halogenated alkanes) is 5. The van der Waals surface area contributed by atoms with Crippen molar-refractivity contribution in [3.63, 3.8) is 0 Å². The maximum absolute atomic E-state index is 5.82. The minimum atomic E-state index is 0.735. The van der Waals surface area contributed by atoms with Gasteiger partial charge in [-0.05, 0) is 62.6 Å². The Morgan fingerprint density at radius 1 is 0.742 bits per heavy atom. The molecule has 2 aromatic rings. The van der Waals surface area contributed by atoms with Crippen LogP contribution in [0.5, 0.6) is 5.75 Å². The molecule has 31 heavy (non-hydrogen) atoms. The maximum atomic E-state index is 5.82. The molecule has 0 amide bonds. The average molecular weight is 424 g/mol. The summed E-state index contributed by atoms with van der Waals surface area (Å²) in [6, 6.07) is 12.9. The van der Waals surface area contributed by atoms with Gasteiger partial charge in [-0.3, -0.25) is 4.98 Å². The van der Waals surface area contributed by atoms with Crippen molar-refractivity contribution in [2.75, 3.05) is 19.8 Å². The molecule has 0 saturated heterocycles. The number of benzene rings is 1. The molecule has 0 aliphatic heterocycles. The van der Waals surface area contributed by atoms with E-state index in [1.807, 2.05) is 18.3 Å². The Hall–Kier alpha value is -2.13. The van der Waals surface area contributed by atoms with Crippen LogP contribution in [0.15, 0.2) is 54.7 Å². The molecule has 1 aromatic heterocycles. The highest BCUT2D eigenvalue weighted by Crippen LogP contribution is 2.21. The van der Waals surface area contributed by atoms with Crippen LogP contribution in [0.1, 0.15) is 77.2 Å². The Morgan fingerprint density at radius 2 is 1.55 bits per heavy atom. The summed E-state index contributed by atoms with van der Waals surface area (Å²) in [5.41, 5.74) is 3.54. The molecule has 0 atom stereocenters. The molecule has 170 valence electrons. The second kappa shape index (κ2) is 16.5. The zero-order valence-corrected chi connectivity index (χ0v) is 19.7. The van der Waals surface area contributed by atoms with E-state index in [-0.39, 0.29) is 0 Å². The molecule has 0 bridgehead atoms. The van der Waals surface area contributed by atoms with Gasteiger partial charge in [-0.15, -0.1) is 0 Å². The van der Waals surface area contributed by atoms with E-state index in [4.69, 9.17) is 9.47 Å². The summed E-state index contributed by atoms with van der Waals surface area (Å²) in [5.74, 6) is 0.846. The van der Waals surface area contributed by atoms with Crippen LogP contribution in [-0.2, 0) is 11.2 Å². The summed E-state index contributed by atoms with van der Waals surface area (Å²) in [4.78, 5) is 4.59. The molecule has 0 saturated carbocycles. The van der Waals surface area contributed by atoms with Crippen molar-refractivity contribution in [1.29, 1.82) is 0 Å². The molecule has 0 spiro atoms. The standard InChI is InChI=1S/C28H41NO2/c1-3-5-6-7-8-9-13-23-31-27-19-20-28(29-24-27)26-17-15-25(16-18-26)14-11-10-12-22-30-21-4-2/h7-8,15-20,24H,3-6,9-14,21-23H2,1-2H3. The number of aryl methyl sites for hydroxylation is 1. The Balaban J connectivity index is 1.66. The summed E-state index contributed by atoms with van der Waals surface area (Å²) < 4.78 is 11.4. The number of nitrogens with zero attached hydrogens (tertiary/aromatic N) is 1. The lowest BCUT2D eigenvalue weighted by Crippen LogP contribution is -1.97. The van der Waals surface area contributed by atoms with Crippen molar-refractivity contribution < 1.29 is 9.47 Å². The molecule has 0 N–H and O–H groups in total. The lowest BCUT2D eigenvalue weighted by atomic mass is 10.0. The van der Waals surface area contributed by atoms with Crippen molar-refractivity contribution in [1.82, 2.24) is 4.98 Å². The Morgan fingerprint density at radius 3 is 2.26 bits per heavy atom. The van der Waals surface area contributed by atoms with Crippen LogP contribution in [-0.4, -0.2) is 24.8 Å². The molecule has 1 heterocycles. The minimum Gasteiger partial charge on any atom is -0.492 e. The Bertz CT molecular complexity index is 707. The van der Waals surface area contributed by atoms with Crippen LogP contribution in [0.4, 0.5) is 0 Å². The Kier molecular flexibility index (Phi) is 13.4. The normalized spacial score (nSPS) is 11.3. The van der Waals surface area contributed by atoms with Crippen molar-refractivity contribution >= 4 is 0 Å². The zero-order chi connectivity index (χ0) is 22.0. The molecule has 0 unspecified atom stereocenters.